The van der Waals surface area contributed by atoms with Crippen molar-refractivity contribution in [2.75, 3.05) is 4.90 Å². The van der Waals surface area contributed by atoms with Gasteiger partial charge >= 0.3 is 0 Å². The molecule has 2 aromatic heterocycles. The van der Waals surface area contributed by atoms with Crippen LogP contribution in [0.15, 0.2) is 194 Å². The van der Waals surface area contributed by atoms with Crippen molar-refractivity contribution in [1.82, 2.24) is 14.5 Å². The summed E-state index contributed by atoms with van der Waals surface area (Å²) in [6.45, 7) is 15.5. The highest BCUT2D eigenvalue weighted by Crippen LogP contribution is 2.45. The van der Waals surface area contributed by atoms with Crippen LogP contribution in [0, 0.1) is 6.92 Å². The van der Waals surface area contributed by atoms with Gasteiger partial charge in [0.25, 0.3) is 0 Å². The van der Waals surface area contributed by atoms with E-state index in [1.165, 1.54) is 5.56 Å². The van der Waals surface area contributed by atoms with Crippen LogP contribution in [0.5, 0.6) is 5.75 Å². The van der Waals surface area contributed by atoms with Gasteiger partial charge in [0.05, 0.1) is 22.1 Å². The number of hydrogen-bond acceptors (Lipinski definition) is 4. The number of imidazole rings is 1. The first-order chi connectivity index (χ1) is 31.8. The topological polar surface area (TPSA) is 54.2 Å². The minimum Gasteiger partial charge on any atom is -0.507 e. The maximum atomic E-state index is 11.8. The highest BCUT2D eigenvalue weighted by atomic mass is 16.3. The van der Waals surface area contributed by atoms with Crippen LogP contribution in [0.3, 0.4) is 0 Å². The molecule has 0 aliphatic carbocycles. The quantitative estimate of drug-likeness (QED) is 0.165. The zero-order valence-electron chi connectivity index (χ0n) is 38.7. The van der Waals surface area contributed by atoms with E-state index in [1.54, 1.807) is 0 Å². The molecule has 8 aromatic carbocycles. The van der Waals surface area contributed by atoms with Gasteiger partial charge in [0.2, 0.25) is 0 Å². The number of aromatic hydroxyl groups is 1. The Hall–Kier alpha value is -7.76. The Kier molecular flexibility index (Phi) is 10.7. The van der Waals surface area contributed by atoms with Crippen LogP contribution in [-0.4, -0.2) is 19.6 Å². The number of aryl methyl sites for hydroxylation is 1. The summed E-state index contributed by atoms with van der Waals surface area (Å²) in [4.78, 5) is 13.0. The van der Waals surface area contributed by atoms with E-state index < -0.39 is 0 Å². The zero-order valence-corrected chi connectivity index (χ0v) is 38.7. The van der Waals surface area contributed by atoms with Crippen molar-refractivity contribution in [3.63, 3.8) is 0 Å². The summed E-state index contributed by atoms with van der Waals surface area (Å²) < 4.78 is 2.24. The van der Waals surface area contributed by atoms with Gasteiger partial charge in [-0.2, -0.15) is 0 Å². The highest BCUT2D eigenvalue weighted by molar-refractivity contribution is 6.04. The summed E-state index contributed by atoms with van der Waals surface area (Å²) >= 11 is 0. The van der Waals surface area contributed by atoms with Crippen LogP contribution in [-0.2, 0) is 10.8 Å². The van der Waals surface area contributed by atoms with E-state index in [4.69, 9.17) is 9.97 Å². The number of aromatic nitrogens is 3. The number of benzene rings is 8. The van der Waals surface area contributed by atoms with E-state index in [0.29, 0.717) is 11.4 Å². The molecule has 0 aliphatic heterocycles. The molecular formula is C61H54N4O. The molecule has 0 fully saturated rings. The average Bonchev–Trinajstić information content (AvgIpc) is 3.70. The number of anilines is 3. The molecule has 5 heteroatoms. The second-order valence-electron chi connectivity index (χ2n) is 19.4. The third-order valence-electron chi connectivity index (χ3n) is 12.7. The van der Waals surface area contributed by atoms with Crippen LogP contribution in [0.1, 0.15) is 58.2 Å². The number of phenolic OH excluding ortho intramolecular Hbond substituents is 1. The Balaban J connectivity index is 1.29. The maximum absolute atomic E-state index is 11.8. The second-order valence-corrected chi connectivity index (χ2v) is 19.4. The molecule has 5 nitrogen and oxygen atoms in total. The second kappa shape index (κ2) is 16.7. The fourth-order valence-corrected chi connectivity index (χ4v) is 9.22. The molecule has 0 amide bonds. The first kappa shape index (κ1) is 42.2. The van der Waals surface area contributed by atoms with Gasteiger partial charge in [0.15, 0.2) is 0 Å². The fourth-order valence-electron chi connectivity index (χ4n) is 9.22. The predicted molar refractivity (Wildman–Crippen MR) is 277 cm³/mol. The Labute approximate surface area is 388 Å². The summed E-state index contributed by atoms with van der Waals surface area (Å²) in [5, 5.41) is 12.9. The third kappa shape index (κ3) is 7.92. The van der Waals surface area contributed by atoms with Crippen molar-refractivity contribution < 1.29 is 5.11 Å². The van der Waals surface area contributed by atoms with Gasteiger partial charge in [-0.1, -0.05) is 157 Å². The predicted octanol–water partition coefficient (Wildman–Crippen LogP) is 16.3. The van der Waals surface area contributed by atoms with Crippen molar-refractivity contribution in [2.45, 2.75) is 59.3 Å². The number of hydrogen-bond donors (Lipinski definition) is 1. The minimum atomic E-state index is -0.159. The van der Waals surface area contributed by atoms with E-state index in [1.807, 2.05) is 18.3 Å². The Morgan fingerprint density at radius 3 is 1.71 bits per heavy atom. The first-order valence-corrected chi connectivity index (χ1v) is 22.8. The molecule has 0 aliphatic rings. The van der Waals surface area contributed by atoms with E-state index in [-0.39, 0.29) is 16.6 Å². The fraction of sp³-hybridized carbons (Fsp3) is 0.148. The molecule has 0 bridgehead atoms. The third-order valence-corrected chi connectivity index (χ3v) is 12.7. The number of nitrogens with zero attached hydrogens (tertiary/aromatic N) is 4. The Morgan fingerprint density at radius 1 is 0.470 bits per heavy atom. The lowest BCUT2D eigenvalue weighted by atomic mass is 9.86. The van der Waals surface area contributed by atoms with Gasteiger partial charge in [-0.05, 0) is 129 Å². The number of pyridine rings is 1. The molecule has 0 saturated carbocycles. The summed E-state index contributed by atoms with van der Waals surface area (Å²) in [6.07, 6.45) is 1.92. The number of para-hydroxylation sites is 3. The molecule has 0 atom stereocenters. The van der Waals surface area contributed by atoms with Gasteiger partial charge in [-0.3, -0.25) is 9.55 Å². The lowest BCUT2D eigenvalue weighted by Crippen LogP contribution is -2.12. The number of rotatable bonds is 8. The van der Waals surface area contributed by atoms with Gasteiger partial charge in [-0.25, -0.2) is 4.98 Å². The standard InChI is InChI=1S/C61H54N4O/c1-40-34-42(51-24-17-25-52-50(32-33-62-57(51)52)41-18-11-8-12-19-41)36-43(35-40)53-38-49(64(46-20-13-9-14-21-46)47-22-15-10-16-23-47)39-55-58(53)63-59(54-37-45(61(5,6)7)28-31-56(54)66)65(55)48-29-26-44(27-30-48)60(2,3)4/h8-39,66H,1-7H3. The average molecular weight is 859 g/mol. The van der Waals surface area contributed by atoms with Crippen molar-refractivity contribution >= 4 is 39.0 Å². The number of phenols is 1. The van der Waals surface area contributed by atoms with E-state index in [2.05, 4.69) is 234 Å². The summed E-state index contributed by atoms with van der Waals surface area (Å²) in [5.41, 5.74) is 17.1. The lowest BCUT2D eigenvalue weighted by Gasteiger charge is -2.26. The highest BCUT2D eigenvalue weighted by Gasteiger charge is 2.26. The molecule has 66 heavy (non-hydrogen) atoms. The molecule has 10 rings (SSSR count). The zero-order chi connectivity index (χ0) is 45.7. The molecule has 2 heterocycles. The van der Waals surface area contributed by atoms with Gasteiger partial charge in [0.1, 0.15) is 11.6 Å². The normalized spacial score (nSPS) is 11.9. The van der Waals surface area contributed by atoms with Crippen LogP contribution in [0.2, 0.25) is 0 Å². The largest absolute Gasteiger partial charge is 0.507 e. The summed E-state index contributed by atoms with van der Waals surface area (Å²) in [7, 11) is 0. The molecule has 10 aromatic rings. The minimum absolute atomic E-state index is 0.0323. The molecule has 1 N–H and O–H groups in total. The molecule has 0 saturated heterocycles. The van der Waals surface area contributed by atoms with Gasteiger partial charge in [-0.15, -0.1) is 0 Å². The molecule has 324 valence electrons. The molecule has 0 radical (unpaired) electrons. The van der Waals surface area contributed by atoms with Crippen LogP contribution in [0.25, 0.3) is 72.4 Å². The lowest BCUT2D eigenvalue weighted by molar-refractivity contribution is 0.475. The Bertz CT molecular complexity index is 3340. The number of fused-ring (bicyclic) bond motifs is 2. The Morgan fingerprint density at radius 2 is 1.08 bits per heavy atom. The van der Waals surface area contributed by atoms with Crippen LogP contribution < -0.4 is 4.90 Å². The first-order valence-electron chi connectivity index (χ1n) is 22.8. The van der Waals surface area contributed by atoms with Crippen molar-refractivity contribution in [1.29, 1.82) is 0 Å². The van der Waals surface area contributed by atoms with E-state index in [9.17, 15) is 5.11 Å². The van der Waals surface area contributed by atoms with Gasteiger partial charge in [0, 0.05) is 45.5 Å². The van der Waals surface area contributed by atoms with Crippen molar-refractivity contribution in [2.24, 2.45) is 0 Å². The molecule has 0 unspecified atom stereocenters. The van der Waals surface area contributed by atoms with E-state index in [0.717, 1.165) is 89.2 Å². The van der Waals surface area contributed by atoms with Crippen molar-refractivity contribution in [3.05, 3.63) is 211 Å². The van der Waals surface area contributed by atoms with Crippen molar-refractivity contribution in [3.8, 4) is 56.2 Å². The summed E-state index contributed by atoms with van der Waals surface area (Å²) in [5.74, 6) is 0.847. The summed E-state index contributed by atoms with van der Waals surface area (Å²) in [6, 6.07) is 66.3. The SMILES string of the molecule is Cc1cc(-c2cccc3c(-c4ccccc4)ccnc23)cc(-c2cc(N(c3ccccc3)c3ccccc3)cc3c2nc(-c2cc(C(C)(C)C)ccc2O)n3-c2ccc(C(C)(C)C)cc2)c1. The van der Waals surface area contributed by atoms with Crippen LogP contribution in [0.4, 0.5) is 17.1 Å². The van der Waals surface area contributed by atoms with E-state index >= 15 is 0 Å². The molecular weight excluding hydrogens is 805 g/mol. The maximum Gasteiger partial charge on any atom is 0.149 e. The molecule has 0 spiro atoms. The monoisotopic (exact) mass is 858 g/mol. The van der Waals surface area contributed by atoms with Gasteiger partial charge < -0.3 is 10.0 Å². The van der Waals surface area contributed by atoms with Crippen LogP contribution >= 0.6 is 0 Å². The smallest absolute Gasteiger partial charge is 0.149 e.